The number of rotatable bonds is 5. The lowest BCUT2D eigenvalue weighted by Crippen LogP contribution is -2.45. The number of urea groups is 1. The average Bonchev–Trinajstić information content (AvgIpc) is 2.23. The van der Waals surface area contributed by atoms with Crippen molar-refractivity contribution in [3.05, 3.63) is 0 Å². The van der Waals surface area contributed by atoms with Gasteiger partial charge in [0.2, 0.25) is 0 Å². The molecule has 0 saturated carbocycles. The summed E-state index contributed by atoms with van der Waals surface area (Å²) in [4.78, 5) is 11.5. The summed E-state index contributed by atoms with van der Waals surface area (Å²) in [6, 6.07) is -0.587. The largest absolute Gasteiger partial charge is 0.337 e. The minimum Gasteiger partial charge on any atom is -0.337 e. The third-order valence-electron chi connectivity index (χ3n) is 2.39. The van der Waals surface area contributed by atoms with Gasteiger partial charge in [0.25, 0.3) is 0 Å². The Bertz CT molecular complexity index is 340. The van der Waals surface area contributed by atoms with Gasteiger partial charge < -0.3 is 10.6 Å². The molecule has 2 N–H and O–H groups in total. The predicted octanol–water partition coefficient (Wildman–Crippen LogP) is 1.49. The number of carbonyl (C=O) groups is 1. The fraction of sp³-hybridized carbons (Fsp3) is 0.769. The lowest BCUT2D eigenvalue weighted by atomic mass is 10.1. The molecule has 4 nitrogen and oxygen atoms in total. The minimum absolute atomic E-state index is 0.185. The molecule has 104 valence electrons. The highest BCUT2D eigenvalue weighted by Gasteiger charge is 2.19. The van der Waals surface area contributed by atoms with E-state index < -0.39 is 10.8 Å². The third kappa shape index (κ3) is 6.65. The van der Waals surface area contributed by atoms with E-state index in [9.17, 15) is 9.00 Å². The van der Waals surface area contributed by atoms with E-state index in [-0.39, 0.29) is 22.7 Å². The van der Waals surface area contributed by atoms with Crippen LogP contribution in [0.1, 0.15) is 34.6 Å². The Labute approximate surface area is 113 Å². The van der Waals surface area contributed by atoms with Gasteiger partial charge in [-0.2, -0.15) is 0 Å². The van der Waals surface area contributed by atoms with Gasteiger partial charge in [-0.3, -0.25) is 4.21 Å². The van der Waals surface area contributed by atoms with Crippen molar-refractivity contribution in [1.82, 2.24) is 10.6 Å². The first-order chi connectivity index (χ1) is 8.18. The maximum atomic E-state index is 11.7. The Morgan fingerprint density at radius 2 is 1.94 bits per heavy atom. The lowest BCUT2D eigenvalue weighted by molar-refractivity contribution is 0.237. The zero-order chi connectivity index (χ0) is 14.3. The van der Waals surface area contributed by atoms with Gasteiger partial charge in [0.05, 0.1) is 6.04 Å². The van der Waals surface area contributed by atoms with E-state index in [2.05, 4.69) is 16.6 Å². The maximum Gasteiger partial charge on any atom is 0.315 e. The number of carbonyl (C=O) groups excluding carboxylic acids is 1. The van der Waals surface area contributed by atoms with E-state index in [1.807, 2.05) is 34.6 Å². The van der Waals surface area contributed by atoms with E-state index in [0.717, 1.165) is 0 Å². The van der Waals surface area contributed by atoms with E-state index >= 15 is 0 Å². The molecule has 0 aliphatic heterocycles. The van der Waals surface area contributed by atoms with E-state index in [0.29, 0.717) is 12.3 Å². The molecular formula is C13H24N2O2S. The molecule has 0 aromatic carbocycles. The van der Waals surface area contributed by atoms with Gasteiger partial charge in [0.15, 0.2) is 0 Å². The smallest absolute Gasteiger partial charge is 0.315 e. The molecule has 2 atom stereocenters. The first kappa shape index (κ1) is 17.0. The maximum absolute atomic E-state index is 11.7. The highest BCUT2D eigenvalue weighted by molar-refractivity contribution is 7.86. The molecule has 0 aromatic rings. The summed E-state index contributed by atoms with van der Waals surface area (Å²) < 4.78 is 11.5. The predicted molar refractivity (Wildman–Crippen MR) is 76.8 cm³/mol. The molecule has 0 aliphatic rings. The molecule has 0 fully saturated rings. The van der Waals surface area contributed by atoms with Crippen LogP contribution in [0.2, 0.25) is 0 Å². The van der Waals surface area contributed by atoms with Crippen molar-refractivity contribution in [3.63, 3.8) is 0 Å². The monoisotopic (exact) mass is 272 g/mol. The number of hydrogen-bond donors (Lipinski definition) is 2. The van der Waals surface area contributed by atoms with Gasteiger partial charge in [0, 0.05) is 27.8 Å². The normalized spacial score (nSPS) is 14.7. The summed E-state index contributed by atoms with van der Waals surface area (Å²) in [5, 5.41) is 5.36. The molecule has 0 saturated heterocycles. The Morgan fingerprint density at radius 1 is 1.39 bits per heavy atom. The van der Waals surface area contributed by atoms with Crippen LogP contribution in [0, 0.1) is 18.3 Å². The summed E-state index contributed by atoms with van der Waals surface area (Å²) in [7, 11) is -0.960. The standard InChI is InChI=1S/C13H24N2O2S/c1-7-11(10(2)3)15-12(16)14-8-9-18(17)13(4,5)6/h1,10-11H,8-9H2,2-6H3,(H2,14,15,16)/t11-,18+/m0/s1. The molecule has 0 heterocycles. The Kier molecular flexibility index (Phi) is 7.00. The third-order valence-corrected chi connectivity index (χ3v) is 4.33. The van der Waals surface area contributed by atoms with Gasteiger partial charge >= 0.3 is 6.03 Å². The number of amides is 2. The zero-order valence-corrected chi connectivity index (χ0v) is 12.7. The quantitative estimate of drug-likeness (QED) is 0.745. The second kappa shape index (κ2) is 7.42. The summed E-state index contributed by atoms with van der Waals surface area (Å²) >= 11 is 0. The lowest BCUT2D eigenvalue weighted by Gasteiger charge is -2.19. The number of nitrogens with one attached hydrogen (secondary N) is 2. The molecule has 0 radical (unpaired) electrons. The fourth-order valence-corrected chi connectivity index (χ4v) is 2.06. The average molecular weight is 272 g/mol. The molecule has 5 heteroatoms. The molecule has 0 bridgehead atoms. The Balaban J connectivity index is 4.00. The fourth-order valence-electron chi connectivity index (χ4n) is 1.16. The molecule has 0 aromatic heterocycles. The van der Waals surface area contributed by atoms with Gasteiger partial charge in [-0.15, -0.1) is 6.42 Å². The second-order valence-corrected chi connectivity index (χ2v) is 7.77. The minimum atomic E-state index is -0.960. The molecular weight excluding hydrogens is 248 g/mol. The van der Waals surface area contributed by atoms with Crippen LogP contribution in [0.4, 0.5) is 4.79 Å². The SMILES string of the molecule is C#C[C@H](NC(=O)NCC[S@@](=O)C(C)(C)C)C(C)C. The van der Waals surface area contributed by atoms with E-state index in [1.165, 1.54) is 0 Å². The van der Waals surface area contributed by atoms with Gasteiger partial charge in [-0.1, -0.05) is 19.8 Å². The Morgan fingerprint density at radius 3 is 2.33 bits per heavy atom. The van der Waals surface area contributed by atoms with Crippen molar-refractivity contribution in [3.8, 4) is 12.3 Å². The van der Waals surface area contributed by atoms with Crippen molar-refractivity contribution in [1.29, 1.82) is 0 Å². The molecule has 2 amide bonds. The first-order valence-corrected chi connectivity index (χ1v) is 7.39. The van der Waals surface area contributed by atoms with Crippen molar-refractivity contribution in [2.75, 3.05) is 12.3 Å². The molecule has 0 spiro atoms. The Hall–Kier alpha value is -1.02. The van der Waals surface area contributed by atoms with Crippen LogP contribution in [-0.4, -0.2) is 33.3 Å². The van der Waals surface area contributed by atoms with Crippen molar-refractivity contribution in [2.45, 2.75) is 45.4 Å². The van der Waals surface area contributed by atoms with Crippen LogP contribution in [0.5, 0.6) is 0 Å². The summed E-state index contributed by atoms with van der Waals surface area (Å²) in [5.74, 6) is 3.15. The van der Waals surface area contributed by atoms with Gasteiger partial charge in [0.1, 0.15) is 0 Å². The van der Waals surface area contributed by atoms with Crippen LogP contribution in [0.15, 0.2) is 0 Å². The van der Waals surface area contributed by atoms with E-state index in [4.69, 9.17) is 6.42 Å². The molecule has 0 aliphatic carbocycles. The highest BCUT2D eigenvalue weighted by Crippen LogP contribution is 2.10. The first-order valence-electron chi connectivity index (χ1n) is 6.07. The second-order valence-electron chi connectivity index (χ2n) is 5.45. The van der Waals surface area contributed by atoms with Crippen molar-refractivity contribution < 1.29 is 9.00 Å². The summed E-state index contributed by atoms with van der Waals surface area (Å²) in [5.41, 5.74) is 0. The zero-order valence-electron chi connectivity index (χ0n) is 11.9. The molecule has 0 unspecified atom stereocenters. The van der Waals surface area contributed by atoms with Crippen LogP contribution in [-0.2, 0) is 10.8 Å². The highest BCUT2D eigenvalue weighted by atomic mass is 32.2. The van der Waals surface area contributed by atoms with Crippen LogP contribution in [0.25, 0.3) is 0 Å². The summed E-state index contributed by atoms with van der Waals surface area (Å²) in [6.07, 6.45) is 5.31. The van der Waals surface area contributed by atoms with Crippen molar-refractivity contribution >= 4 is 16.8 Å². The van der Waals surface area contributed by atoms with Crippen molar-refractivity contribution in [2.24, 2.45) is 5.92 Å². The summed E-state index contributed by atoms with van der Waals surface area (Å²) in [6.45, 7) is 10.0. The number of hydrogen-bond acceptors (Lipinski definition) is 2. The van der Waals surface area contributed by atoms with Crippen LogP contribution in [0.3, 0.4) is 0 Å². The van der Waals surface area contributed by atoms with Crippen LogP contribution >= 0.6 is 0 Å². The topological polar surface area (TPSA) is 58.2 Å². The number of terminal acetylenes is 1. The molecule has 0 rings (SSSR count). The van der Waals surface area contributed by atoms with Crippen LogP contribution < -0.4 is 10.6 Å². The van der Waals surface area contributed by atoms with Gasteiger partial charge in [-0.05, 0) is 26.7 Å². The van der Waals surface area contributed by atoms with E-state index in [1.54, 1.807) is 0 Å². The van der Waals surface area contributed by atoms with Gasteiger partial charge in [-0.25, -0.2) is 4.79 Å². The molecule has 18 heavy (non-hydrogen) atoms.